The molecule has 0 bridgehead atoms. The summed E-state index contributed by atoms with van der Waals surface area (Å²) in [6.45, 7) is 0. The molecule has 114 valence electrons. The van der Waals surface area contributed by atoms with Crippen LogP contribution in [0, 0.1) is 5.92 Å². The third-order valence-corrected chi connectivity index (χ3v) is 6.42. The Hall–Kier alpha value is -1.89. The average Bonchev–Trinajstić information content (AvgIpc) is 2.46. The van der Waals surface area contributed by atoms with Crippen LogP contribution in [0.4, 0.5) is 0 Å². The van der Waals surface area contributed by atoms with Gasteiger partial charge >= 0.3 is 11.9 Å². The highest BCUT2D eigenvalue weighted by molar-refractivity contribution is 7.93. The van der Waals surface area contributed by atoms with Gasteiger partial charge in [-0.05, 0) is 25.0 Å². The Bertz CT molecular complexity index is 651. The summed E-state index contributed by atoms with van der Waals surface area (Å²) in [7, 11) is -1.78. The van der Waals surface area contributed by atoms with E-state index in [1.165, 1.54) is 12.1 Å². The topological polar surface area (TPSA) is 86.7 Å². The second-order valence-corrected chi connectivity index (χ2v) is 7.02. The molecule has 1 aliphatic carbocycles. The van der Waals surface area contributed by atoms with Gasteiger partial charge in [0, 0.05) is 0 Å². The SMILES string of the molecule is COC(=O)C1CCC1(C(=O)OC)S(=O)(=O)c1ccccc1. The van der Waals surface area contributed by atoms with E-state index >= 15 is 0 Å². The number of esters is 2. The Balaban J connectivity index is 2.57. The summed E-state index contributed by atoms with van der Waals surface area (Å²) >= 11 is 0. The molecule has 0 amide bonds. The normalized spacial score (nSPS) is 24.8. The summed E-state index contributed by atoms with van der Waals surface area (Å²) in [5, 5.41) is 0. The summed E-state index contributed by atoms with van der Waals surface area (Å²) in [5.41, 5.74) is 0. The van der Waals surface area contributed by atoms with Crippen molar-refractivity contribution in [3.63, 3.8) is 0 Å². The second-order valence-electron chi connectivity index (χ2n) is 4.81. The van der Waals surface area contributed by atoms with Gasteiger partial charge in [-0.3, -0.25) is 9.59 Å². The molecule has 2 unspecified atom stereocenters. The van der Waals surface area contributed by atoms with Crippen molar-refractivity contribution in [2.45, 2.75) is 22.5 Å². The van der Waals surface area contributed by atoms with Gasteiger partial charge in [0.15, 0.2) is 14.6 Å². The molecule has 7 heteroatoms. The fourth-order valence-corrected chi connectivity index (χ4v) is 4.87. The van der Waals surface area contributed by atoms with Crippen LogP contribution >= 0.6 is 0 Å². The van der Waals surface area contributed by atoms with Crippen molar-refractivity contribution in [1.29, 1.82) is 0 Å². The van der Waals surface area contributed by atoms with E-state index in [2.05, 4.69) is 9.47 Å². The van der Waals surface area contributed by atoms with Crippen LogP contribution in [0.3, 0.4) is 0 Å². The van der Waals surface area contributed by atoms with E-state index in [9.17, 15) is 18.0 Å². The minimum Gasteiger partial charge on any atom is -0.469 e. The molecule has 1 aromatic carbocycles. The number of hydrogen-bond donors (Lipinski definition) is 0. The Morgan fingerprint density at radius 3 is 2.19 bits per heavy atom. The lowest BCUT2D eigenvalue weighted by atomic mass is 9.72. The van der Waals surface area contributed by atoms with Gasteiger partial charge in [0.2, 0.25) is 0 Å². The molecule has 0 radical (unpaired) electrons. The Kier molecular flexibility index (Phi) is 4.04. The molecule has 0 N–H and O–H groups in total. The highest BCUT2D eigenvalue weighted by Gasteiger charge is 2.66. The molecule has 1 saturated carbocycles. The molecule has 2 rings (SSSR count). The Morgan fingerprint density at radius 1 is 1.14 bits per heavy atom. The number of sulfone groups is 1. The van der Waals surface area contributed by atoms with Crippen molar-refractivity contribution in [3.05, 3.63) is 30.3 Å². The van der Waals surface area contributed by atoms with Gasteiger partial charge in [-0.15, -0.1) is 0 Å². The molecular formula is C14H16O6S. The predicted molar refractivity (Wildman–Crippen MR) is 73.1 cm³/mol. The number of carbonyl (C=O) groups excluding carboxylic acids is 2. The van der Waals surface area contributed by atoms with Crippen molar-refractivity contribution < 1.29 is 27.5 Å². The van der Waals surface area contributed by atoms with Crippen molar-refractivity contribution in [3.8, 4) is 0 Å². The Labute approximate surface area is 123 Å². The van der Waals surface area contributed by atoms with Gasteiger partial charge in [0.1, 0.15) is 0 Å². The van der Waals surface area contributed by atoms with Crippen LogP contribution in [0.25, 0.3) is 0 Å². The first-order chi connectivity index (χ1) is 9.91. The number of benzene rings is 1. The van der Waals surface area contributed by atoms with Crippen LogP contribution in [0.1, 0.15) is 12.8 Å². The largest absolute Gasteiger partial charge is 0.469 e. The fourth-order valence-electron chi connectivity index (χ4n) is 2.66. The van der Waals surface area contributed by atoms with Gasteiger partial charge in [-0.25, -0.2) is 8.42 Å². The average molecular weight is 312 g/mol. The zero-order valence-electron chi connectivity index (χ0n) is 11.7. The summed E-state index contributed by atoms with van der Waals surface area (Å²) in [5.74, 6) is -2.68. The number of methoxy groups -OCH3 is 2. The predicted octanol–water partition coefficient (Wildman–Crippen LogP) is 0.955. The van der Waals surface area contributed by atoms with E-state index in [1.807, 2.05) is 0 Å². The summed E-state index contributed by atoms with van der Waals surface area (Å²) in [4.78, 5) is 24.0. The maximum atomic E-state index is 12.9. The summed E-state index contributed by atoms with van der Waals surface area (Å²) in [6, 6.07) is 7.58. The lowest BCUT2D eigenvalue weighted by molar-refractivity contribution is -0.161. The standard InChI is InChI=1S/C14H16O6S/c1-19-12(15)11-8-9-14(11,13(16)20-2)21(17,18)10-6-4-3-5-7-10/h3-7,11H,8-9H2,1-2H3. The number of rotatable bonds is 4. The third kappa shape index (κ3) is 2.12. The zero-order valence-corrected chi connectivity index (χ0v) is 12.6. The first kappa shape index (κ1) is 15.5. The van der Waals surface area contributed by atoms with E-state index in [1.54, 1.807) is 18.2 Å². The van der Waals surface area contributed by atoms with E-state index in [-0.39, 0.29) is 17.7 Å². The van der Waals surface area contributed by atoms with Crippen molar-refractivity contribution in [2.24, 2.45) is 5.92 Å². The molecule has 0 spiro atoms. The van der Waals surface area contributed by atoms with Gasteiger partial charge in [0.05, 0.1) is 25.0 Å². The maximum absolute atomic E-state index is 12.9. The van der Waals surface area contributed by atoms with Crippen LogP contribution in [-0.2, 0) is 28.9 Å². The molecule has 0 aromatic heterocycles. The second kappa shape index (κ2) is 5.48. The Morgan fingerprint density at radius 2 is 1.76 bits per heavy atom. The maximum Gasteiger partial charge on any atom is 0.328 e. The third-order valence-electron chi connectivity index (χ3n) is 3.92. The molecule has 21 heavy (non-hydrogen) atoms. The smallest absolute Gasteiger partial charge is 0.328 e. The van der Waals surface area contributed by atoms with Gasteiger partial charge < -0.3 is 9.47 Å². The minimum atomic E-state index is -4.05. The lowest BCUT2D eigenvalue weighted by Gasteiger charge is -2.43. The minimum absolute atomic E-state index is 0.0102. The van der Waals surface area contributed by atoms with Crippen LogP contribution in [0.15, 0.2) is 35.2 Å². The van der Waals surface area contributed by atoms with Gasteiger partial charge in [-0.2, -0.15) is 0 Å². The van der Waals surface area contributed by atoms with Crippen LogP contribution < -0.4 is 0 Å². The van der Waals surface area contributed by atoms with Crippen LogP contribution in [-0.4, -0.2) is 39.3 Å². The van der Waals surface area contributed by atoms with Gasteiger partial charge in [0.25, 0.3) is 0 Å². The molecule has 2 atom stereocenters. The highest BCUT2D eigenvalue weighted by Crippen LogP contribution is 2.49. The molecule has 1 fully saturated rings. The van der Waals surface area contributed by atoms with E-state index in [0.29, 0.717) is 0 Å². The number of hydrogen-bond acceptors (Lipinski definition) is 6. The number of ether oxygens (including phenoxy) is 2. The first-order valence-electron chi connectivity index (χ1n) is 6.37. The lowest BCUT2D eigenvalue weighted by Crippen LogP contribution is -2.62. The van der Waals surface area contributed by atoms with E-state index in [0.717, 1.165) is 14.2 Å². The molecule has 1 aromatic rings. The summed E-state index contributed by atoms with van der Waals surface area (Å²) < 4.78 is 33.1. The highest BCUT2D eigenvalue weighted by atomic mass is 32.2. The molecule has 0 heterocycles. The molecule has 6 nitrogen and oxygen atoms in total. The first-order valence-corrected chi connectivity index (χ1v) is 7.86. The summed E-state index contributed by atoms with van der Waals surface area (Å²) in [6.07, 6.45) is 0.310. The van der Waals surface area contributed by atoms with Crippen molar-refractivity contribution >= 4 is 21.8 Å². The number of carbonyl (C=O) groups is 2. The monoisotopic (exact) mass is 312 g/mol. The zero-order chi connectivity index (χ0) is 15.7. The van der Waals surface area contributed by atoms with Crippen LogP contribution in [0.2, 0.25) is 0 Å². The van der Waals surface area contributed by atoms with E-state index < -0.39 is 32.4 Å². The fraction of sp³-hybridized carbons (Fsp3) is 0.429. The molecular weight excluding hydrogens is 296 g/mol. The quantitative estimate of drug-likeness (QED) is 0.770. The van der Waals surface area contributed by atoms with Crippen LogP contribution in [0.5, 0.6) is 0 Å². The van der Waals surface area contributed by atoms with Gasteiger partial charge in [-0.1, -0.05) is 18.2 Å². The van der Waals surface area contributed by atoms with Crippen molar-refractivity contribution in [1.82, 2.24) is 0 Å². The van der Waals surface area contributed by atoms with E-state index in [4.69, 9.17) is 0 Å². The molecule has 0 aliphatic heterocycles. The molecule has 0 saturated heterocycles. The van der Waals surface area contributed by atoms with Crippen molar-refractivity contribution in [2.75, 3.05) is 14.2 Å². The molecule has 1 aliphatic rings.